The Kier molecular flexibility index (Phi) is 13.0. The maximum atomic E-state index is 8.75. The van der Waals surface area contributed by atoms with Gasteiger partial charge in [-0.15, -0.1) is 0 Å². The summed E-state index contributed by atoms with van der Waals surface area (Å²) in [5.74, 6) is 0. The standard InChI is InChI=1S/C5H12BO2S.C5H12O2.FH.H2/c1-5(2,3-7)4-8-9-6;1-5(2,3-6)4-7;;/h6-7H,3-4H2,1-2H3;6-7H,3-4H2,1-2H3;2*1H/i6T;;;1+2. The van der Waals surface area contributed by atoms with Crippen molar-refractivity contribution in [3.8, 4) is 0 Å². The summed E-state index contributed by atoms with van der Waals surface area (Å²) in [6.45, 7) is 8.05. The Bertz CT molecular complexity index is 185. The molecule has 0 aromatic rings. The third-order valence-electron chi connectivity index (χ3n) is 1.80. The van der Waals surface area contributed by atoms with Gasteiger partial charge in [0.05, 0.1) is 26.4 Å². The van der Waals surface area contributed by atoms with E-state index in [2.05, 4.69) is 0 Å². The van der Waals surface area contributed by atoms with Crippen molar-refractivity contribution in [2.24, 2.45) is 10.8 Å². The van der Waals surface area contributed by atoms with Gasteiger partial charge in [0.2, 0.25) is 7.09 Å². The van der Waals surface area contributed by atoms with Crippen LogP contribution in [-0.2, 0) is 4.18 Å². The molecule has 0 unspecified atom stereocenters. The largest absolute Gasteiger partial charge is 0.396 e. The summed E-state index contributed by atoms with van der Waals surface area (Å²) in [4.78, 5) is 0. The predicted octanol–water partition coefficient (Wildman–Crippen LogP) is 0.881. The second kappa shape index (κ2) is 11.3. The lowest BCUT2D eigenvalue weighted by atomic mass is 9.97. The van der Waals surface area contributed by atoms with Crippen LogP contribution in [0.5, 0.6) is 0 Å². The molecule has 0 amide bonds. The van der Waals surface area contributed by atoms with Gasteiger partial charge in [-0.05, 0) is 1.34 Å². The van der Waals surface area contributed by atoms with Gasteiger partial charge in [-0.25, -0.2) is 0 Å². The van der Waals surface area contributed by atoms with Crippen LogP contribution in [0.3, 0.4) is 0 Å². The number of aliphatic hydroxyl groups is 3. The first-order valence-electron chi connectivity index (χ1n) is 5.63. The van der Waals surface area contributed by atoms with Gasteiger partial charge in [-0.3, -0.25) is 4.70 Å². The van der Waals surface area contributed by atoms with Crippen LogP contribution in [0, 0.1) is 10.8 Å². The van der Waals surface area contributed by atoms with Crippen molar-refractivity contribution < 1.29 is 25.6 Å². The highest BCUT2D eigenvalue weighted by Gasteiger charge is 2.15. The van der Waals surface area contributed by atoms with E-state index in [0.717, 1.165) is 19.0 Å². The van der Waals surface area contributed by atoms with Crippen LogP contribution in [0.4, 0.5) is 4.70 Å². The zero-order valence-electron chi connectivity index (χ0n) is 12.0. The van der Waals surface area contributed by atoms with Crippen LogP contribution in [-0.4, -0.2) is 50.2 Å². The van der Waals surface area contributed by atoms with Crippen molar-refractivity contribution in [1.82, 2.24) is 0 Å². The van der Waals surface area contributed by atoms with Gasteiger partial charge < -0.3 is 19.5 Å². The van der Waals surface area contributed by atoms with E-state index in [0.29, 0.717) is 6.61 Å². The molecule has 0 aliphatic carbocycles. The van der Waals surface area contributed by atoms with Gasteiger partial charge >= 0.3 is 0 Å². The smallest absolute Gasteiger partial charge is 0.209 e. The molecule has 1 radical (unpaired) electrons. The van der Waals surface area contributed by atoms with Crippen molar-refractivity contribution >= 4 is 19.0 Å². The average Bonchev–Trinajstić information content (AvgIpc) is 2.30. The van der Waals surface area contributed by atoms with Crippen molar-refractivity contribution in [1.29, 1.82) is 1.34 Å². The van der Waals surface area contributed by atoms with Gasteiger partial charge in [-0.2, -0.15) is 0 Å². The van der Waals surface area contributed by atoms with Gasteiger partial charge in [0.15, 0.2) is 0 Å². The minimum atomic E-state index is -0.306. The molecule has 0 saturated heterocycles. The fourth-order valence-corrected chi connectivity index (χ4v) is 0.676. The average molecular weight is 277 g/mol. The summed E-state index contributed by atoms with van der Waals surface area (Å²) in [5.41, 5.74) is -0.504. The topological polar surface area (TPSA) is 69.9 Å². The van der Waals surface area contributed by atoms with E-state index in [-0.39, 0.29) is 36.8 Å². The molecule has 0 heterocycles. The Morgan fingerprint density at radius 1 is 1.12 bits per heavy atom. The van der Waals surface area contributed by atoms with E-state index in [9.17, 15) is 0 Å². The Hall–Kier alpha value is 0.185. The molecule has 0 aliphatic heterocycles. The monoisotopic (exact) mass is 277 g/mol. The Morgan fingerprint density at radius 2 is 1.53 bits per heavy atom. The number of aliphatic hydroxyl groups excluding tert-OH is 3. The van der Waals surface area contributed by atoms with E-state index >= 15 is 0 Å². The molecule has 0 aromatic carbocycles. The lowest BCUT2D eigenvalue weighted by Crippen LogP contribution is -2.21. The fourth-order valence-electron chi connectivity index (χ4n) is 0.289. The van der Waals surface area contributed by atoms with Gasteiger partial charge in [0, 0.05) is 12.3 Å². The zero-order chi connectivity index (χ0) is 13.9. The molecule has 0 rings (SSSR count). The van der Waals surface area contributed by atoms with Crippen LogP contribution >= 0.6 is 11.9 Å². The summed E-state index contributed by atoms with van der Waals surface area (Å²) in [6.07, 6.45) is 0. The van der Waals surface area contributed by atoms with E-state index in [1.165, 1.54) is 0 Å². The van der Waals surface area contributed by atoms with Crippen LogP contribution < -0.4 is 0 Å². The Morgan fingerprint density at radius 3 is 1.76 bits per heavy atom. The van der Waals surface area contributed by atoms with Crippen LogP contribution in [0.15, 0.2) is 0 Å². The summed E-state index contributed by atoms with van der Waals surface area (Å²) < 4.78 is 11.6. The molecule has 0 aliphatic rings. The molecule has 17 heavy (non-hydrogen) atoms. The highest BCUT2D eigenvalue weighted by molar-refractivity contribution is 8.15. The third-order valence-corrected chi connectivity index (χ3v) is 2.06. The third kappa shape index (κ3) is 16.2. The molecular weight excluding hydrogens is 246 g/mol. The van der Waals surface area contributed by atoms with Gasteiger partial charge in [-0.1, -0.05) is 39.6 Å². The molecule has 0 aromatic heterocycles. The molecule has 4 nitrogen and oxygen atoms in total. The highest BCUT2D eigenvalue weighted by Crippen LogP contribution is 2.15. The molecular formula is C10H27BFO4S. The highest BCUT2D eigenvalue weighted by atomic mass is 32.2. The van der Waals surface area contributed by atoms with Crippen molar-refractivity contribution in [2.45, 2.75) is 27.7 Å². The molecule has 3 N–H and O–H groups in total. The SMILES string of the molecule is CC(C)(CO)CO.F.[3HH].[3H][B]SOCC(C)(C)CO. The second-order valence-corrected chi connectivity index (χ2v) is 5.59. The molecule has 0 saturated carbocycles. The summed E-state index contributed by atoms with van der Waals surface area (Å²) in [5, 5.41) is 25.6. The zero-order valence-corrected chi connectivity index (χ0v) is 11.8. The van der Waals surface area contributed by atoms with Crippen molar-refractivity contribution in [2.75, 3.05) is 26.4 Å². The number of hydrogen-bond acceptors (Lipinski definition) is 5. The Balaban J connectivity index is -0.000000112. The molecule has 0 spiro atoms. The first-order valence-corrected chi connectivity index (χ1v) is 5.86. The summed E-state index contributed by atoms with van der Waals surface area (Å²) in [7, 11) is 1.12. The van der Waals surface area contributed by atoms with E-state index in [4.69, 9.17) is 20.8 Å². The number of halogens is 1. The molecule has 0 atom stereocenters. The fraction of sp³-hybridized carbons (Fsp3) is 1.00. The van der Waals surface area contributed by atoms with Crippen LogP contribution in [0.1, 0.15) is 29.1 Å². The minimum Gasteiger partial charge on any atom is -0.396 e. The summed E-state index contributed by atoms with van der Waals surface area (Å²) >= 11 is 0.981. The Labute approximate surface area is 111 Å². The molecule has 0 bridgehead atoms. The van der Waals surface area contributed by atoms with E-state index in [1.807, 2.05) is 13.8 Å². The molecule has 0 fully saturated rings. The first-order chi connectivity index (χ1) is 7.74. The lowest BCUT2D eigenvalue weighted by molar-refractivity contribution is 0.0857. The quantitative estimate of drug-likeness (QED) is 0.366. The van der Waals surface area contributed by atoms with Crippen molar-refractivity contribution in [3.05, 3.63) is 0 Å². The molecule has 7 heteroatoms. The van der Waals surface area contributed by atoms with Crippen LogP contribution in [0.2, 0.25) is 0 Å². The predicted molar refractivity (Wildman–Crippen MR) is 74.1 cm³/mol. The lowest BCUT2D eigenvalue weighted by Gasteiger charge is -2.19. The van der Waals surface area contributed by atoms with E-state index in [1.54, 1.807) is 13.8 Å². The number of rotatable bonds is 7. The minimum absolute atomic E-state index is 0. The normalized spacial score (nSPS) is 11.8. The van der Waals surface area contributed by atoms with Gasteiger partial charge in [0.1, 0.15) is 0 Å². The van der Waals surface area contributed by atoms with E-state index < -0.39 is 0 Å². The van der Waals surface area contributed by atoms with Crippen molar-refractivity contribution in [3.63, 3.8) is 0 Å². The summed E-state index contributed by atoms with van der Waals surface area (Å²) in [6, 6.07) is 0. The van der Waals surface area contributed by atoms with Gasteiger partial charge in [0.25, 0.3) is 0 Å². The first kappa shape index (κ1) is 19.5. The number of hydrogen-bond donors (Lipinski definition) is 3. The maximum Gasteiger partial charge on any atom is 0.209 e. The maximum absolute atomic E-state index is 8.75. The second-order valence-electron chi connectivity index (χ2n) is 5.16. The molecule has 107 valence electrons. The van der Waals surface area contributed by atoms with Crippen LogP contribution in [0.25, 0.3) is 0 Å².